The molecule has 4 bridgehead atoms. The van der Waals surface area contributed by atoms with E-state index in [0.717, 1.165) is 34.4 Å². The van der Waals surface area contributed by atoms with Crippen LogP contribution >= 0.6 is 0 Å². The van der Waals surface area contributed by atoms with E-state index >= 15 is 0 Å². The first-order valence-electron chi connectivity index (χ1n) is 8.08. The number of rotatable bonds is 0. The summed E-state index contributed by atoms with van der Waals surface area (Å²) in [6.45, 7) is 3.76. The fourth-order valence-electron chi connectivity index (χ4n) is 2.75. The molecule has 2 N–H and O–H groups in total. The number of aromatic amines is 1. The number of aromatic nitrogens is 4. The van der Waals surface area contributed by atoms with Crippen LogP contribution in [0.2, 0.25) is 0 Å². The molecule has 1 atom stereocenters. The maximum Gasteiger partial charge on any atom is 0.317 e. The number of H-pyrrole nitrogens is 1. The van der Waals surface area contributed by atoms with Gasteiger partial charge in [-0.3, -0.25) is 5.10 Å². The standard InChI is InChI=1S/C17H19N5O2/c1-11-5-7-23-8-9-24-17-18-6-4-15(20-17)16-13-10-12(19-11)2-3-14(13)21-22-16/h2-4,6,10-11,19H,5,7-9H2,1H3,(H,21,22)/t11-/m0/s1. The number of anilines is 1. The summed E-state index contributed by atoms with van der Waals surface area (Å²) in [7, 11) is 0. The van der Waals surface area contributed by atoms with Gasteiger partial charge in [0.2, 0.25) is 0 Å². The summed E-state index contributed by atoms with van der Waals surface area (Å²) in [6.07, 6.45) is 2.60. The molecule has 0 radical (unpaired) electrons. The summed E-state index contributed by atoms with van der Waals surface area (Å²) < 4.78 is 11.2. The van der Waals surface area contributed by atoms with Crippen molar-refractivity contribution in [2.24, 2.45) is 0 Å². The second-order valence-corrected chi connectivity index (χ2v) is 5.85. The van der Waals surface area contributed by atoms with Crippen molar-refractivity contribution in [2.75, 3.05) is 25.1 Å². The number of nitrogens with zero attached hydrogens (tertiary/aromatic N) is 3. The van der Waals surface area contributed by atoms with Crippen molar-refractivity contribution in [1.82, 2.24) is 20.2 Å². The minimum absolute atomic E-state index is 0.310. The Balaban J connectivity index is 1.79. The van der Waals surface area contributed by atoms with Crippen LogP contribution in [0.3, 0.4) is 0 Å². The number of nitrogens with one attached hydrogen (secondary N) is 2. The van der Waals surface area contributed by atoms with E-state index in [9.17, 15) is 0 Å². The van der Waals surface area contributed by atoms with Crippen molar-refractivity contribution in [3.63, 3.8) is 0 Å². The second-order valence-electron chi connectivity index (χ2n) is 5.85. The lowest BCUT2D eigenvalue weighted by Crippen LogP contribution is -2.18. The molecule has 0 amide bonds. The molecule has 124 valence electrons. The Labute approximate surface area is 139 Å². The third-order valence-corrected chi connectivity index (χ3v) is 4.01. The van der Waals surface area contributed by atoms with Crippen LogP contribution in [0.25, 0.3) is 22.3 Å². The molecule has 0 saturated carbocycles. The monoisotopic (exact) mass is 325 g/mol. The summed E-state index contributed by atoms with van der Waals surface area (Å²) in [4.78, 5) is 8.61. The molecule has 0 spiro atoms. The molecule has 7 nitrogen and oxygen atoms in total. The van der Waals surface area contributed by atoms with Crippen molar-refractivity contribution >= 4 is 16.6 Å². The van der Waals surface area contributed by atoms with Crippen LogP contribution in [0.5, 0.6) is 6.01 Å². The predicted molar refractivity (Wildman–Crippen MR) is 91.1 cm³/mol. The van der Waals surface area contributed by atoms with Crippen LogP contribution < -0.4 is 10.1 Å². The van der Waals surface area contributed by atoms with Gasteiger partial charge in [-0.05, 0) is 37.6 Å². The van der Waals surface area contributed by atoms with Crippen molar-refractivity contribution in [1.29, 1.82) is 0 Å². The van der Waals surface area contributed by atoms with Crippen LogP contribution in [-0.4, -0.2) is 46.0 Å². The average molecular weight is 325 g/mol. The summed E-state index contributed by atoms with van der Waals surface area (Å²) >= 11 is 0. The van der Waals surface area contributed by atoms with Gasteiger partial charge in [-0.2, -0.15) is 10.1 Å². The molecule has 4 rings (SSSR count). The Kier molecular flexibility index (Phi) is 4.00. The SMILES string of the molecule is C[C@H]1CCOCCOc2nccc(n2)-c2n[nH]c3ccc(cc23)N1. The summed E-state index contributed by atoms with van der Waals surface area (Å²) in [5, 5.41) is 12.0. The van der Waals surface area contributed by atoms with Gasteiger partial charge in [0.15, 0.2) is 0 Å². The number of benzene rings is 1. The molecule has 2 aromatic heterocycles. The highest BCUT2D eigenvalue weighted by Gasteiger charge is 2.13. The molecular weight excluding hydrogens is 306 g/mol. The van der Waals surface area contributed by atoms with Crippen molar-refractivity contribution in [2.45, 2.75) is 19.4 Å². The lowest BCUT2D eigenvalue weighted by molar-refractivity contribution is 0.0935. The molecule has 7 heteroatoms. The van der Waals surface area contributed by atoms with Gasteiger partial charge in [-0.1, -0.05) is 0 Å². The molecule has 1 aromatic carbocycles. The first-order valence-corrected chi connectivity index (χ1v) is 8.08. The van der Waals surface area contributed by atoms with Gasteiger partial charge in [0, 0.05) is 29.9 Å². The Morgan fingerprint density at radius 3 is 3.08 bits per heavy atom. The van der Waals surface area contributed by atoms with E-state index in [1.807, 2.05) is 18.2 Å². The van der Waals surface area contributed by atoms with Gasteiger partial charge in [0.1, 0.15) is 12.3 Å². The van der Waals surface area contributed by atoms with Crippen molar-refractivity contribution in [3.8, 4) is 17.4 Å². The fourth-order valence-corrected chi connectivity index (χ4v) is 2.75. The Morgan fingerprint density at radius 1 is 1.17 bits per heavy atom. The van der Waals surface area contributed by atoms with Crippen LogP contribution in [0.15, 0.2) is 30.5 Å². The van der Waals surface area contributed by atoms with Crippen LogP contribution in [-0.2, 0) is 4.74 Å². The van der Waals surface area contributed by atoms with Crippen LogP contribution in [0, 0.1) is 0 Å². The van der Waals surface area contributed by atoms with Gasteiger partial charge >= 0.3 is 6.01 Å². The summed E-state index contributed by atoms with van der Waals surface area (Å²) in [5.41, 5.74) is 3.54. The highest BCUT2D eigenvalue weighted by Crippen LogP contribution is 2.28. The van der Waals surface area contributed by atoms with E-state index < -0.39 is 0 Å². The predicted octanol–water partition coefficient (Wildman–Crippen LogP) is 2.62. The molecular formula is C17H19N5O2. The molecule has 0 saturated heterocycles. The largest absolute Gasteiger partial charge is 0.461 e. The molecule has 3 aromatic rings. The average Bonchev–Trinajstić information content (AvgIpc) is 3.01. The number of hydrogen-bond acceptors (Lipinski definition) is 6. The van der Waals surface area contributed by atoms with E-state index in [-0.39, 0.29) is 0 Å². The highest BCUT2D eigenvalue weighted by molar-refractivity contribution is 5.94. The molecule has 0 aliphatic carbocycles. The third-order valence-electron chi connectivity index (χ3n) is 4.01. The van der Waals surface area contributed by atoms with E-state index in [2.05, 4.69) is 38.5 Å². The van der Waals surface area contributed by atoms with Gasteiger partial charge < -0.3 is 14.8 Å². The first kappa shape index (κ1) is 14.9. The van der Waals surface area contributed by atoms with E-state index in [0.29, 0.717) is 31.9 Å². The number of fused-ring (bicyclic) bond motifs is 4. The quantitative estimate of drug-likeness (QED) is 0.661. The molecule has 0 fully saturated rings. The Hall–Kier alpha value is -2.67. The Morgan fingerprint density at radius 2 is 2.12 bits per heavy atom. The van der Waals surface area contributed by atoms with Crippen molar-refractivity contribution in [3.05, 3.63) is 30.5 Å². The van der Waals surface area contributed by atoms with Crippen molar-refractivity contribution < 1.29 is 9.47 Å². The highest BCUT2D eigenvalue weighted by atomic mass is 16.5. The third kappa shape index (κ3) is 3.03. The number of hydrogen-bond donors (Lipinski definition) is 2. The minimum Gasteiger partial charge on any atom is -0.461 e. The zero-order valence-corrected chi connectivity index (χ0v) is 13.5. The topological polar surface area (TPSA) is 85.0 Å². The van der Waals surface area contributed by atoms with E-state index in [1.165, 1.54) is 0 Å². The van der Waals surface area contributed by atoms with E-state index in [1.54, 1.807) is 6.20 Å². The molecule has 0 unspecified atom stereocenters. The maximum atomic E-state index is 5.60. The molecule has 1 aliphatic rings. The van der Waals surface area contributed by atoms with E-state index in [4.69, 9.17) is 9.47 Å². The maximum absolute atomic E-state index is 5.60. The smallest absolute Gasteiger partial charge is 0.317 e. The minimum atomic E-state index is 0.310. The lowest BCUT2D eigenvalue weighted by Gasteiger charge is -2.15. The zero-order chi connectivity index (χ0) is 16.4. The van der Waals surface area contributed by atoms with Crippen LogP contribution in [0.4, 0.5) is 5.69 Å². The molecule has 3 heterocycles. The normalized spacial score (nSPS) is 18.5. The summed E-state index contributed by atoms with van der Waals surface area (Å²) in [6, 6.07) is 8.64. The second kappa shape index (κ2) is 6.45. The zero-order valence-electron chi connectivity index (χ0n) is 13.5. The first-order chi connectivity index (χ1) is 11.8. The Bertz CT molecular complexity index is 848. The lowest BCUT2D eigenvalue weighted by atomic mass is 10.1. The van der Waals surface area contributed by atoms with Gasteiger partial charge in [0.25, 0.3) is 0 Å². The van der Waals surface area contributed by atoms with Crippen LogP contribution in [0.1, 0.15) is 13.3 Å². The number of ether oxygens (including phenoxy) is 2. The fraction of sp³-hybridized carbons (Fsp3) is 0.353. The van der Waals surface area contributed by atoms with Gasteiger partial charge in [-0.25, -0.2) is 4.98 Å². The summed E-state index contributed by atoms with van der Waals surface area (Å²) in [5.74, 6) is 0. The van der Waals surface area contributed by atoms with Gasteiger partial charge in [0.05, 0.1) is 17.8 Å². The van der Waals surface area contributed by atoms with Gasteiger partial charge in [-0.15, -0.1) is 0 Å². The molecule has 1 aliphatic heterocycles. The molecule has 24 heavy (non-hydrogen) atoms.